The molecule has 2 aromatic rings. The lowest BCUT2D eigenvalue weighted by molar-refractivity contribution is 0.571. The van der Waals surface area contributed by atoms with Crippen LogP contribution in [-0.2, 0) is 9.84 Å². The second-order valence-corrected chi connectivity index (χ2v) is 8.88. The highest BCUT2D eigenvalue weighted by molar-refractivity contribution is 7.90. The van der Waals surface area contributed by atoms with E-state index in [1.165, 1.54) is 18.2 Å². The summed E-state index contributed by atoms with van der Waals surface area (Å²) in [6.45, 7) is 1.62. The van der Waals surface area contributed by atoms with Crippen molar-refractivity contribution in [3.8, 4) is 0 Å². The summed E-state index contributed by atoms with van der Waals surface area (Å²) in [5.41, 5.74) is 0.505. The zero-order valence-corrected chi connectivity index (χ0v) is 15.5. The fourth-order valence-electron chi connectivity index (χ4n) is 3.35. The van der Waals surface area contributed by atoms with Gasteiger partial charge in [0.1, 0.15) is 17.5 Å². The molecule has 0 amide bonds. The van der Waals surface area contributed by atoms with E-state index in [0.717, 1.165) is 25.8 Å². The van der Waals surface area contributed by atoms with Crippen LogP contribution in [0.25, 0.3) is 0 Å². The molecule has 0 aliphatic carbocycles. The molecule has 2 bridgehead atoms. The van der Waals surface area contributed by atoms with Gasteiger partial charge in [0.2, 0.25) is 9.84 Å². The Balaban J connectivity index is 1.71. The van der Waals surface area contributed by atoms with Crippen molar-refractivity contribution in [3.05, 3.63) is 35.1 Å². The molecule has 0 unspecified atom stereocenters. The molecule has 2 aliphatic heterocycles. The Morgan fingerprint density at radius 1 is 1.35 bits per heavy atom. The zero-order valence-electron chi connectivity index (χ0n) is 13.9. The average Bonchev–Trinajstić information content (AvgIpc) is 3.20. The Hall–Kier alpha value is -1.97. The first kappa shape index (κ1) is 17.4. The maximum absolute atomic E-state index is 13.3. The molecular weight excluding hydrogens is 381 g/mol. The van der Waals surface area contributed by atoms with E-state index >= 15 is 0 Å². The normalized spacial score (nSPS) is 22.0. The van der Waals surface area contributed by atoms with Crippen molar-refractivity contribution in [2.75, 3.05) is 29.6 Å². The Labute approximate surface area is 155 Å². The van der Waals surface area contributed by atoms with E-state index in [-0.39, 0.29) is 16.2 Å². The number of halogens is 2. The number of fused-ring (bicyclic) bond motifs is 2. The first-order chi connectivity index (χ1) is 12.3. The molecule has 1 aromatic carbocycles. The molecule has 10 heteroatoms. The third-order valence-electron chi connectivity index (χ3n) is 4.57. The van der Waals surface area contributed by atoms with Gasteiger partial charge in [-0.1, -0.05) is 11.6 Å². The summed E-state index contributed by atoms with van der Waals surface area (Å²) in [6, 6.07) is 6.53. The molecule has 138 valence electrons. The first-order valence-electron chi connectivity index (χ1n) is 8.11. The Kier molecular flexibility index (Phi) is 4.25. The highest BCUT2D eigenvalue weighted by Crippen LogP contribution is 2.31. The topological polar surface area (TPSA) is 87.2 Å². The number of nitrogens with zero attached hydrogens (tertiary/aromatic N) is 3. The van der Waals surface area contributed by atoms with E-state index in [1.807, 2.05) is 0 Å². The monoisotopic (exact) mass is 397 g/mol. The van der Waals surface area contributed by atoms with Crippen LogP contribution in [0.2, 0.25) is 5.02 Å². The standard InChI is InChI=1S/C16H17ClFN5O2S/c1-26(24,25)16-21-14(20-9-2-3-13(18)12(17)5-9)6-15(22-16)23-8-10-4-11(23)7-19-10/h2-3,5-6,10-11,19H,4,7-8H2,1H3,(H,20,21,22)/t10-,11-/m0/s1. The summed E-state index contributed by atoms with van der Waals surface area (Å²) in [4.78, 5) is 10.4. The van der Waals surface area contributed by atoms with Crippen LogP contribution >= 0.6 is 11.6 Å². The Morgan fingerprint density at radius 2 is 2.15 bits per heavy atom. The summed E-state index contributed by atoms with van der Waals surface area (Å²) < 4.78 is 37.4. The minimum Gasteiger partial charge on any atom is -0.351 e. The summed E-state index contributed by atoms with van der Waals surface area (Å²) in [5.74, 6) is 0.344. The van der Waals surface area contributed by atoms with Crippen LogP contribution in [0.4, 0.5) is 21.7 Å². The van der Waals surface area contributed by atoms with Crippen molar-refractivity contribution in [2.24, 2.45) is 0 Å². The fraction of sp³-hybridized carbons (Fsp3) is 0.375. The SMILES string of the molecule is CS(=O)(=O)c1nc(Nc2ccc(F)c(Cl)c2)cc(N2C[C@@H]3C[C@H]2CN3)n1. The average molecular weight is 398 g/mol. The molecule has 0 saturated carbocycles. The molecular formula is C16H17ClFN5O2S. The van der Waals surface area contributed by atoms with Crippen molar-refractivity contribution >= 4 is 38.8 Å². The van der Waals surface area contributed by atoms with Crippen LogP contribution in [0.3, 0.4) is 0 Å². The molecule has 2 aliphatic rings. The predicted octanol–water partition coefficient (Wildman–Crippen LogP) is 1.97. The summed E-state index contributed by atoms with van der Waals surface area (Å²) >= 11 is 5.80. The van der Waals surface area contributed by atoms with Gasteiger partial charge in [-0.2, -0.15) is 0 Å². The second-order valence-electron chi connectivity index (χ2n) is 6.57. The van der Waals surface area contributed by atoms with Gasteiger partial charge in [-0.15, -0.1) is 0 Å². The van der Waals surface area contributed by atoms with Gasteiger partial charge >= 0.3 is 0 Å². The van der Waals surface area contributed by atoms with Gasteiger partial charge in [-0.05, 0) is 24.6 Å². The molecule has 0 radical (unpaired) electrons. The maximum Gasteiger partial charge on any atom is 0.250 e. The van der Waals surface area contributed by atoms with Crippen LogP contribution in [-0.4, -0.2) is 49.8 Å². The fourth-order valence-corrected chi connectivity index (χ4v) is 4.06. The minimum absolute atomic E-state index is 0.0319. The third kappa shape index (κ3) is 3.34. The highest BCUT2D eigenvalue weighted by Gasteiger charge is 2.38. The molecule has 2 fully saturated rings. The van der Waals surface area contributed by atoms with Crippen LogP contribution < -0.4 is 15.5 Å². The molecule has 2 saturated heterocycles. The number of sulfone groups is 1. The van der Waals surface area contributed by atoms with Crippen molar-refractivity contribution in [1.29, 1.82) is 0 Å². The number of anilines is 3. The smallest absolute Gasteiger partial charge is 0.250 e. The molecule has 2 atom stereocenters. The number of benzene rings is 1. The molecule has 1 aromatic heterocycles. The molecule has 3 heterocycles. The zero-order chi connectivity index (χ0) is 18.5. The summed E-state index contributed by atoms with van der Waals surface area (Å²) in [5, 5.41) is 6.10. The second kappa shape index (κ2) is 6.33. The van der Waals surface area contributed by atoms with E-state index in [1.54, 1.807) is 6.07 Å². The molecule has 0 spiro atoms. The molecule has 26 heavy (non-hydrogen) atoms. The minimum atomic E-state index is -3.59. The number of hydrogen-bond acceptors (Lipinski definition) is 7. The van der Waals surface area contributed by atoms with Gasteiger partial charge in [-0.25, -0.2) is 22.8 Å². The predicted molar refractivity (Wildman–Crippen MR) is 97.4 cm³/mol. The van der Waals surface area contributed by atoms with E-state index in [2.05, 4.69) is 25.5 Å². The Bertz CT molecular complexity index is 971. The number of piperazine rings is 1. The lowest BCUT2D eigenvalue weighted by Crippen LogP contribution is -2.44. The largest absolute Gasteiger partial charge is 0.351 e. The summed E-state index contributed by atoms with van der Waals surface area (Å²) in [6.07, 6.45) is 2.08. The van der Waals surface area contributed by atoms with Crippen LogP contribution in [0, 0.1) is 5.82 Å². The van der Waals surface area contributed by atoms with Gasteiger partial charge in [0.25, 0.3) is 5.16 Å². The van der Waals surface area contributed by atoms with E-state index in [0.29, 0.717) is 23.4 Å². The lowest BCUT2D eigenvalue weighted by atomic mass is 10.2. The van der Waals surface area contributed by atoms with Crippen LogP contribution in [0.15, 0.2) is 29.4 Å². The van der Waals surface area contributed by atoms with Gasteiger partial charge in [0, 0.05) is 43.2 Å². The van der Waals surface area contributed by atoms with E-state index in [9.17, 15) is 12.8 Å². The Morgan fingerprint density at radius 3 is 2.77 bits per heavy atom. The van der Waals surface area contributed by atoms with Crippen molar-refractivity contribution < 1.29 is 12.8 Å². The van der Waals surface area contributed by atoms with Crippen molar-refractivity contribution in [3.63, 3.8) is 0 Å². The molecule has 7 nitrogen and oxygen atoms in total. The first-order valence-corrected chi connectivity index (χ1v) is 10.4. The van der Waals surface area contributed by atoms with Gasteiger partial charge in [0.05, 0.1) is 5.02 Å². The number of aromatic nitrogens is 2. The lowest BCUT2D eigenvalue weighted by Gasteiger charge is -2.28. The van der Waals surface area contributed by atoms with Gasteiger partial charge in [0.15, 0.2) is 0 Å². The number of rotatable bonds is 4. The highest BCUT2D eigenvalue weighted by atomic mass is 35.5. The van der Waals surface area contributed by atoms with Gasteiger partial charge in [-0.3, -0.25) is 0 Å². The number of nitrogens with one attached hydrogen (secondary N) is 2. The summed E-state index contributed by atoms with van der Waals surface area (Å²) in [7, 11) is -3.59. The molecule has 4 rings (SSSR count). The van der Waals surface area contributed by atoms with Crippen molar-refractivity contribution in [2.45, 2.75) is 23.7 Å². The van der Waals surface area contributed by atoms with E-state index < -0.39 is 15.7 Å². The third-order valence-corrected chi connectivity index (χ3v) is 5.70. The van der Waals surface area contributed by atoms with Crippen LogP contribution in [0.1, 0.15) is 6.42 Å². The molecule has 2 N–H and O–H groups in total. The maximum atomic E-state index is 13.3. The van der Waals surface area contributed by atoms with E-state index in [4.69, 9.17) is 11.6 Å². The van der Waals surface area contributed by atoms with Gasteiger partial charge < -0.3 is 15.5 Å². The quantitative estimate of drug-likeness (QED) is 0.762. The van der Waals surface area contributed by atoms with Crippen molar-refractivity contribution in [1.82, 2.24) is 15.3 Å². The van der Waals surface area contributed by atoms with Crippen LogP contribution in [0.5, 0.6) is 0 Å². The number of hydrogen-bond donors (Lipinski definition) is 2.